The van der Waals surface area contributed by atoms with Gasteiger partial charge in [0.25, 0.3) is 0 Å². The van der Waals surface area contributed by atoms with Gasteiger partial charge in [-0.1, -0.05) is 25.6 Å². The van der Waals surface area contributed by atoms with E-state index in [0.29, 0.717) is 26.2 Å². The van der Waals surface area contributed by atoms with E-state index < -0.39 is 5.91 Å². The predicted molar refractivity (Wildman–Crippen MR) is 98.7 cm³/mol. The largest absolute Gasteiger partial charge is 0.370 e. The molecule has 0 aliphatic rings. The summed E-state index contributed by atoms with van der Waals surface area (Å²) in [5.74, 6) is -0.454. The molecule has 1 aromatic rings. The maximum atomic E-state index is 10.7. The summed E-state index contributed by atoms with van der Waals surface area (Å²) < 4.78 is 5.23. The summed E-state index contributed by atoms with van der Waals surface area (Å²) in [4.78, 5) is 12.9. The van der Waals surface area contributed by atoms with Gasteiger partial charge in [-0.25, -0.2) is 0 Å². The lowest BCUT2D eigenvalue weighted by atomic mass is 10.1. The summed E-state index contributed by atoms with van der Waals surface area (Å²) in [5.41, 5.74) is 13.9. The standard InChI is InChI=1S/C18H30N4O2/c1-3-16-5-7-17(8-6-16)21-15(2)13-22(10-4-9-19)11-12-24-14-18(20)23/h5-8,21H,2-4,9-14,19H2,1H3,(H2,20,23). The van der Waals surface area contributed by atoms with Crippen molar-refractivity contribution in [2.75, 3.05) is 44.7 Å². The molecule has 0 bridgehead atoms. The normalized spacial score (nSPS) is 10.8. The Labute approximate surface area is 144 Å². The lowest BCUT2D eigenvalue weighted by Gasteiger charge is -2.23. The van der Waals surface area contributed by atoms with E-state index in [4.69, 9.17) is 16.2 Å². The number of nitrogens with one attached hydrogen (secondary N) is 1. The molecule has 5 N–H and O–H groups in total. The van der Waals surface area contributed by atoms with Crippen LogP contribution in [-0.2, 0) is 16.0 Å². The highest BCUT2D eigenvalue weighted by Gasteiger charge is 2.07. The van der Waals surface area contributed by atoms with Crippen LogP contribution in [0.15, 0.2) is 36.5 Å². The minimum absolute atomic E-state index is 0.0479. The predicted octanol–water partition coefficient (Wildman–Crippen LogP) is 1.33. The Morgan fingerprint density at radius 1 is 1.29 bits per heavy atom. The minimum atomic E-state index is -0.454. The molecular weight excluding hydrogens is 304 g/mol. The minimum Gasteiger partial charge on any atom is -0.370 e. The molecule has 1 aromatic carbocycles. The molecule has 0 spiro atoms. The van der Waals surface area contributed by atoms with Crippen LogP contribution in [-0.4, -0.2) is 50.2 Å². The van der Waals surface area contributed by atoms with Gasteiger partial charge in [-0.15, -0.1) is 0 Å². The van der Waals surface area contributed by atoms with Crippen molar-refractivity contribution < 1.29 is 9.53 Å². The molecule has 0 saturated carbocycles. The molecule has 134 valence electrons. The highest BCUT2D eigenvalue weighted by Crippen LogP contribution is 2.12. The van der Waals surface area contributed by atoms with Crippen LogP contribution < -0.4 is 16.8 Å². The molecule has 6 heteroatoms. The maximum Gasteiger partial charge on any atom is 0.243 e. The summed E-state index contributed by atoms with van der Waals surface area (Å²) in [6.07, 6.45) is 1.92. The Kier molecular flexibility index (Phi) is 9.76. The van der Waals surface area contributed by atoms with Crippen molar-refractivity contribution >= 4 is 11.6 Å². The van der Waals surface area contributed by atoms with Gasteiger partial charge in [-0.3, -0.25) is 9.69 Å². The summed E-state index contributed by atoms with van der Waals surface area (Å²) in [6, 6.07) is 8.34. The topological polar surface area (TPSA) is 93.6 Å². The van der Waals surface area contributed by atoms with Crippen LogP contribution in [0.4, 0.5) is 5.69 Å². The SMILES string of the molecule is C=C(CN(CCCN)CCOCC(N)=O)Nc1ccc(CC)cc1. The summed E-state index contributed by atoms with van der Waals surface area (Å²) in [5, 5.41) is 3.33. The molecule has 0 radical (unpaired) electrons. The molecule has 24 heavy (non-hydrogen) atoms. The summed E-state index contributed by atoms with van der Waals surface area (Å²) >= 11 is 0. The number of aryl methyl sites for hydroxylation is 1. The third kappa shape index (κ3) is 8.67. The molecule has 6 nitrogen and oxygen atoms in total. The van der Waals surface area contributed by atoms with E-state index in [9.17, 15) is 4.79 Å². The number of nitrogens with two attached hydrogens (primary N) is 2. The molecule has 0 atom stereocenters. The molecular formula is C18H30N4O2. The second-order valence-electron chi connectivity index (χ2n) is 5.72. The van der Waals surface area contributed by atoms with Crippen molar-refractivity contribution in [2.45, 2.75) is 19.8 Å². The second kappa shape index (κ2) is 11.6. The Balaban J connectivity index is 2.44. The molecule has 0 heterocycles. The van der Waals surface area contributed by atoms with Crippen molar-refractivity contribution in [1.82, 2.24) is 4.90 Å². The van der Waals surface area contributed by atoms with Crippen LogP contribution in [0.25, 0.3) is 0 Å². The van der Waals surface area contributed by atoms with Crippen LogP contribution in [0.2, 0.25) is 0 Å². The Morgan fingerprint density at radius 3 is 2.58 bits per heavy atom. The molecule has 0 aliphatic heterocycles. The smallest absolute Gasteiger partial charge is 0.243 e. The van der Waals surface area contributed by atoms with Crippen molar-refractivity contribution in [2.24, 2.45) is 11.5 Å². The number of rotatable bonds is 13. The van der Waals surface area contributed by atoms with E-state index in [1.807, 2.05) is 0 Å². The van der Waals surface area contributed by atoms with Crippen molar-refractivity contribution in [1.29, 1.82) is 0 Å². The number of amides is 1. The fourth-order valence-electron chi connectivity index (χ4n) is 2.29. The van der Waals surface area contributed by atoms with Gasteiger partial charge in [0.15, 0.2) is 0 Å². The number of nitrogens with zero attached hydrogens (tertiary/aromatic N) is 1. The van der Waals surface area contributed by atoms with Crippen LogP contribution in [0.1, 0.15) is 18.9 Å². The lowest BCUT2D eigenvalue weighted by Crippen LogP contribution is -2.33. The number of ether oxygens (including phenoxy) is 1. The average Bonchev–Trinajstić information content (AvgIpc) is 2.56. The van der Waals surface area contributed by atoms with Gasteiger partial charge < -0.3 is 21.5 Å². The van der Waals surface area contributed by atoms with Gasteiger partial charge in [0.1, 0.15) is 6.61 Å². The zero-order chi connectivity index (χ0) is 17.8. The quantitative estimate of drug-likeness (QED) is 0.473. The molecule has 1 rings (SSSR count). The zero-order valence-electron chi connectivity index (χ0n) is 14.6. The number of carbonyl (C=O) groups is 1. The summed E-state index contributed by atoms with van der Waals surface area (Å²) in [6.45, 7) is 9.51. The van der Waals surface area contributed by atoms with E-state index in [1.165, 1.54) is 5.56 Å². The van der Waals surface area contributed by atoms with Crippen LogP contribution in [0.3, 0.4) is 0 Å². The fraction of sp³-hybridized carbons (Fsp3) is 0.500. The number of carbonyl (C=O) groups excluding carboxylic acids is 1. The van der Waals surface area contributed by atoms with E-state index in [1.54, 1.807) is 0 Å². The first-order valence-electron chi connectivity index (χ1n) is 8.37. The average molecular weight is 334 g/mol. The first-order chi connectivity index (χ1) is 11.5. The second-order valence-corrected chi connectivity index (χ2v) is 5.72. The third-order valence-electron chi connectivity index (χ3n) is 3.57. The van der Waals surface area contributed by atoms with Crippen LogP contribution in [0, 0.1) is 0 Å². The molecule has 0 aromatic heterocycles. The number of hydrogen-bond acceptors (Lipinski definition) is 5. The maximum absolute atomic E-state index is 10.7. The Hall–Kier alpha value is -1.89. The van der Waals surface area contributed by atoms with Gasteiger partial charge in [0.05, 0.1) is 6.61 Å². The van der Waals surface area contributed by atoms with Gasteiger partial charge in [-0.05, 0) is 43.6 Å². The van der Waals surface area contributed by atoms with Gasteiger partial charge in [-0.2, -0.15) is 0 Å². The highest BCUT2D eigenvalue weighted by atomic mass is 16.5. The third-order valence-corrected chi connectivity index (χ3v) is 3.57. The molecule has 0 unspecified atom stereocenters. The lowest BCUT2D eigenvalue weighted by molar-refractivity contribution is -0.122. The van der Waals surface area contributed by atoms with E-state index >= 15 is 0 Å². The fourth-order valence-corrected chi connectivity index (χ4v) is 2.29. The van der Waals surface area contributed by atoms with E-state index in [2.05, 4.69) is 48.0 Å². The Morgan fingerprint density at radius 2 is 2.00 bits per heavy atom. The van der Waals surface area contributed by atoms with Gasteiger partial charge >= 0.3 is 0 Å². The number of benzene rings is 1. The van der Waals surface area contributed by atoms with Crippen molar-refractivity contribution in [3.63, 3.8) is 0 Å². The monoisotopic (exact) mass is 334 g/mol. The Bertz CT molecular complexity index is 502. The zero-order valence-corrected chi connectivity index (χ0v) is 14.6. The first kappa shape index (κ1) is 20.2. The molecule has 0 saturated heterocycles. The number of primary amides is 1. The molecule has 0 aliphatic carbocycles. The van der Waals surface area contributed by atoms with Crippen LogP contribution in [0.5, 0.6) is 0 Å². The van der Waals surface area contributed by atoms with Crippen LogP contribution >= 0.6 is 0 Å². The molecule has 0 fully saturated rings. The van der Waals surface area contributed by atoms with Gasteiger partial charge in [0, 0.05) is 24.5 Å². The van der Waals surface area contributed by atoms with Gasteiger partial charge in [0.2, 0.25) is 5.91 Å². The van der Waals surface area contributed by atoms with E-state index in [-0.39, 0.29) is 6.61 Å². The highest BCUT2D eigenvalue weighted by molar-refractivity contribution is 5.74. The number of anilines is 1. The van der Waals surface area contributed by atoms with E-state index in [0.717, 1.165) is 30.8 Å². The number of hydrogen-bond donors (Lipinski definition) is 3. The van der Waals surface area contributed by atoms with Crippen molar-refractivity contribution in [3.8, 4) is 0 Å². The summed E-state index contributed by atoms with van der Waals surface area (Å²) in [7, 11) is 0. The first-order valence-corrected chi connectivity index (χ1v) is 8.37. The molecule has 1 amide bonds. The van der Waals surface area contributed by atoms with Crippen molar-refractivity contribution in [3.05, 3.63) is 42.1 Å².